The first kappa shape index (κ1) is 11.1. The van der Waals surface area contributed by atoms with E-state index in [1.165, 1.54) is 4.68 Å². The van der Waals surface area contributed by atoms with Gasteiger partial charge in [0, 0.05) is 13.6 Å². The van der Waals surface area contributed by atoms with E-state index in [-0.39, 0.29) is 11.6 Å². The second kappa shape index (κ2) is 4.01. The van der Waals surface area contributed by atoms with E-state index in [9.17, 15) is 4.79 Å². The van der Waals surface area contributed by atoms with E-state index in [0.29, 0.717) is 23.7 Å². The average Bonchev–Trinajstić information content (AvgIpc) is 2.82. The molecule has 0 aliphatic carbocycles. The number of nitrogens with zero attached hydrogens (tertiary/aromatic N) is 4. The predicted octanol–water partition coefficient (Wildman–Crippen LogP) is -0.0504. The largest absolute Gasteiger partial charge is 0.473 e. The molecule has 96 valence electrons. The maximum Gasteiger partial charge on any atom is 0.277 e. The summed E-state index contributed by atoms with van der Waals surface area (Å²) in [5.41, 5.74) is 0.698. The molecular weight excluding hydrogens is 236 g/mol. The van der Waals surface area contributed by atoms with Gasteiger partial charge in [-0.1, -0.05) is 5.16 Å². The maximum absolute atomic E-state index is 12.0. The van der Waals surface area contributed by atoms with E-state index >= 15 is 0 Å². The second-order valence-corrected chi connectivity index (χ2v) is 4.54. The molecule has 0 saturated carbocycles. The van der Waals surface area contributed by atoms with E-state index in [2.05, 4.69) is 15.2 Å². The Morgan fingerprint density at radius 2 is 2.44 bits per heavy atom. The van der Waals surface area contributed by atoms with Crippen LogP contribution in [-0.2, 0) is 7.05 Å². The lowest BCUT2D eigenvalue weighted by Crippen LogP contribution is -2.41. The van der Waals surface area contributed by atoms with Crippen LogP contribution in [0.2, 0.25) is 0 Å². The molecule has 1 unspecified atom stereocenters. The first-order valence-corrected chi connectivity index (χ1v) is 5.90. The number of aryl methyl sites for hydroxylation is 1. The van der Waals surface area contributed by atoms with Crippen LogP contribution in [0.4, 0.5) is 5.69 Å². The normalized spacial score (nSPS) is 21.8. The lowest BCUT2D eigenvalue weighted by molar-refractivity contribution is 0.254. The summed E-state index contributed by atoms with van der Waals surface area (Å²) < 4.78 is 6.81. The van der Waals surface area contributed by atoms with Gasteiger partial charge >= 0.3 is 0 Å². The smallest absolute Gasteiger partial charge is 0.277 e. The summed E-state index contributed by atoms with van der Waals surface area (Å²) in [5.74, 6) is 0.435. The van der Waals surface area contributed by atoms with Crippen LogP contribution in [0.5, 0.6) is 5.88 Å². The van der Waals surface area contributed by atoms with Crippen LogP contribution in [0.15, 0.2) is 9.95 Å². The van der Waals surface area contributed by atoms with Gasteiger partial charge in [-0.3, -0.25) is 4.79 Å². The topological polar surface area (TPSA) is 79.9 Å². The monoisotopic (exact) mass is 250 g/mol. The number of ether oxygens (including phenoxy) is 1. The second-order valence-electron chi connectivity index (χ2n) is 4.54. The van der Waals surface area contributed by atoms with E-state index in [1.807, 2.05) is 0 Å². The highest BCUT2D eigenvalue weighted by Crippen LogP contribution is 2.37. The van der Waals surface area contributed by atoms with Gasteiger partial charge < -0.3 is 14.8 Å². The Bertz CT molecular complexity index is 566. The average molecular weight is 250 g/mol. The lowest BCUT2D eigenvalue weighted by atomic mass is 10.1. The Morgan fingerprint density at radius 3 is 3.22 bits per heavy atom. The van der Waals surface area contributed by atoms with Gasteiger partial charge in [0.05, 0.1) is 17.8 Å². The van der Waals surface area contributed by atoms with Gasteiger partial charge in [0.15, 0.2) is 0 Å². The molecule has 18 heavy (non-hydrogen) atoms. The van der Waals surface area contributed by atoms with Crippen LogP contribution >= 0.6 is 0 Å². The molecule has 7 heteroatoms. The molecule has 0 amide bonds. The Balaban J connectivity index is 2.24. The highest BCUT2D eigenvalue weighted by molar-refractivity contribution is 5.89. The van der Waals surface area contributed by atoms with Crippen molar-refractivity contribution in [2.75, 3.05) is 18.1 Å². The summed E-state index contributed by atoms with van der Waals surface area (Å²) in [6.07, 6.45) is 3.27. The van der Waals surface area contributed by atoms with Crippen molar-refractivity contribution in [3.8, 4) is 5.88 Å². The van der Waals surface area contributed by atoms with Gasteiger partial charge in [0.1, 0.15) is 12.3 Å². The van der Waals surface area contributed by atoms with Gasteiger partial charge in [0.2, 0.25) is 0 Å². The molecule has 2 aliphatic heterocycles. The first-order valence-electron chi connectivity index (χ1n) is 5.90. The minimum absolute atomic E-state index is 0.289. The zero-order valence-electron chi connectivity index (χ0n) is 10.0. The highest BCUT2D eigenvalue weighted by atomic mass is 16.5. The van der Waals surface area contributed by atoms with E-state index < -0.39 is 0 Å². The molecular formula is C11H14N4O3. The molecule has 0 bridgehead atoms. The standard InChI is InChI=1S/C11H14N4O3/c1-14-11(16)8(5-12-17)9-10(13-14)18-6-7-3-2-4-15(7)9/h5,7,17H,2-4,6H2,1H3/b12-5+. The summed E-state index contributed by atoms with van der Waals surface area (Å²) in [5, 5.41) is 15.8. The van der Waals surface area contributed by atoms with Gasteiger partial charge in [-0.15, -0.1) is 5.10 Å². The third-order valence-electron chi connectivity index (χ3n) is 3.49. The molecule has 7 nitrogen and oxygen atoms in total. The van der Waals surface area contributed by atoms with Crippen molar-refractivity contribution in [1.29, 1.82) is 0 Å². The lowest BCUT2D eigenvalue weighted by Gasteiger charge is -2.33. The van der Waals surface area contributed by atoms with Crippen LogP contribution < -0.4 is 15.2 Å². The number of hydrogen-bond acceptors (Lipinski definition) is 6. The van der Waals surface area contributed by atoms with E-state index in [1.54, 1.807) is 7.05 Å². The van der Waals surface area contributed by atoms with Crippen molar-refractivity contribution in [2.24, 2.45) is 12.2 Å². The van der Waals surface area contributed by atoms with Crippen molar-refractivity contribution in [1.82, 2.24) is 9.78 Å². The van der Waals surface area contributed by atoms with Crippen LogP contribution in [0.25, 0.3) is 0 Å². The number of hydrogen-bond donors (Lipinski definition) is 1. The molecule has 3 heterocycles. The first-order chi connectivity index (χ1) is 8.72. The van der Waals surface area contributed by atoms with Crippen LogP contribution in [0.1, 0.15) is 18.4 Å². The molecule has 3 rings (SSSR count). The SMILES string of the molecule is Cn1nc2c(c(/C=N/O)c1=O)N1CCCC1CO2. The third kappa shape index (κ3) is 1.47. The fraction of sp³-hybridized carbons (Fsp3) is 0.545. The van der Waals surface area contributed by atoms with Crippen molar-refractivity contribution < 1.29 is 9.94 Å². The summed E-state index contributed by atoms with van der Waals surface area (Å²) in [7, 11) is 1.55. The number of rotatable bonds is 1. The molecule has 1 aromatic heterocycles. The Labute approximate surface area is 103 Å². The molecule has 1 aromatic rings. The van der Waals surface area contributed by atoms with Gasteiger partial charge in [-0.2, -0.15) is 0 Å². The maximum atomic E-state index is 12.0. The molecule has 0 spiro atoms. The fourth-order valence-electron chi connectivity index (χ4n) is 2.65. The molecule has 1 fully saturated rings. The van der Waals surface area contributed by atoms with E-state index in [4.69, 9.17) is 9.94 Å². The summed E-state index contributed by atoms with van der Waals surface area (Å²) in [4.78, 5) is 14.2. The molecule has 1 N–H and O–H groups in total. The van der Waals surface area contributed by atoms with E-state index in [0.717, 1.165) is 25.6 Å². The number of fused-ring (bicyclic) bond motifs is 3. The van der Waals surface area contributed by atoms with Crippen molar-refractivity contribution in [3.05, 3.63) is 15.9 Å². The Kier molecular flexibility index (Phi) is 2.46. The van der Waals surface area contributed by atoms with Gasteiger partial charge in [-0.25, -0.2) is 4.68 Å². The van der Waals surface area contributed by atoms with Crippen LogP contribution in [0, 0.1) is 0 Å². The van der Waals surface area contributed by atoms with Crippen molar-refractivity contribution in [3.63, 3.8) is 0 Å². The third-order valence-corrected chi connectivity index (χ3v) is 3.49. The number of aromatic nitrogens is 2. The predicted molar refractivity (Wildman–Crippen MR) is 64.7 cm³/mol. The van der Waals surface area contributed by atoms with Gasteiger partial charge in [-0.05, 0) is 12.8 Å². The summed E-state index contributed by atoms with van der Waals surface area (Å²) in [6.45, 7) is 1.47. The molecule has 2 aliphatic rings. The minimum Gasteiger partial charge on any atom is -0.473 e. The van der Waals surface area contributed by atoms with Crippen LogP contribution in [0.3, 0.4) is 0 Å². The molecule has 1 atom stereocenters. The summed E-state index contributed by atoms with van der Waals surface area (Å²) in [6, 6.07) is 0.289. The number of oxime groups is 1. The van der Waals surface area contributed by atoms with Crippen molar-refractivity contribution in [2.45, 2.75) is 18.9 Å². The Morgan fingerprint density at radius 1 is 1.61 bits per heavy atom. The molecule has 0 radical (unpaired) electrons. The Hall–Kier alpha value is -2.05. The van der Waals surface area contributed by atoms with Gasteiger partial charge in [0.25, 0.3) is 11.4 Å². The number of anilines is 1. The molecule has 0 aromatic carbocycles. The minimum atomic E-state index is -0.289. The van der Waals surface area contributed by atoms with Crippen molar-refractivity contribution >= 4 is 11.9 Å². The quantitative estimate of drug-likeness (QED) is 0.429. The fourth-order valence-corrected chi connectivity index (χ4v) is 2.65. The zero-order chi connectivity index (χ0) is 12.7. The van der Waals surface area contributed by atoms with Crippen LogP contribution in [-0.4, -0.2) is 40.4 Å². The molecule has 1 saturated heterocycles. The summed E-state index contributed by atoms with van der Waals surface area (Å²) >= 11 is 0. The zero-order valence-corrected chi connectivity index (χ0v) is 10.0. The highest BCUT2D eigenvalue weighted by Gasteiger charge is 2.35.